The van der Waals surface area contributed by atoms with Crippen LogP contribution in [0.4, 0.5) is 0 Å². The molecule has 0 saturated heterocycles. The molecule has 3 rings (SSSR count). The van der Waals surface area contributed by atoms with Crippen molar-refractivity contribution in [3.63, 3.8) is 0 Å². The fraction of sp³-hybridized carbons (Fsp3) is 0.231. The summed E-state index contributed by atoms with van der Waals surface area (Å²) in [7, 11) is 0. The molecule has 0 saturated carbocycles. The van der Waals surface area contributed by atoms with Crippen LogP contribution in [-0.2, 0) is 6.42 Å². The largest absolute Gasteiger partial charge is 0.130 e. The zero-order chi connectivity index (χ0) is 12.0. The van der Waals surface area contributed by atoms with Crippen molar-refractivity contribution in [2.75, 3.05) is 0 Å². The maximum absolute atomic E-state index is 6.08. The first-order valence-corrected chi connectivity index (χ1v) is 8.23. The highest BCUT2D eigenvalue weighted by molar-refractivity contribution is 9.11. The van der Waals surface area contributed by atoms with Crippen LogP contribution in [0.2, 0.25) is 5.02 Å². The minimum atomic E-state index is 0.367. The fourth-order valence-electron chi connectivity index (χ4n) is 2.26. The van der Waals surface area contributed by atoms with E-state index in [2.05, 4.69) is 62.2 Å². The van der Waals surface area contributed by atoms with Crippen LogP contribution in [0, 0.1) is 0 Å². The van der Waals surface area contributed by atoms with Gasteiger partial charge >= 0.3 is 0 Å². The summed E-state index contributed by atoms with van der Waals surface area (Å²) in [6.45, 7) is 0. The summed E-state index contributed by atoms with van der Waals surface area (Å²) in [6, 6.07) is 10.7. The Labute approximate surface area is 126 Å². The van der Waals surface area contributed by atoms with Crippen LogP contribution in [0.5, 0.6) is 0 Å². The molecule has 0 bridgehead atoms. The molecule has 1 aromatic carbocycles. The average Bonchev–Trinajstić information content (AvgIpc) is 2.61. The number of alkyl halides is 1. The van der Waals surface area contributed by atoms with Gasteiger partial charge in [0.1, 0.15) is 0 Å². The van der Waals surface area contributed by atoms with E-state index in [9.17, 15) is 0 Å². The van der Waals surface area contributed by atoms with Gasteiger partial charge in [-0.15, -0.1) is 11.3 Å². The van der Waals surface area contributed by atoms with Gasteiger partial charge < -0.3 is 0 Å². The SMILES string of the molecule is Clc1cc(C(Br)C2Cc3ccccc32)sc1Br. The lowest BCUT2D eigenvalue weighted by molar-refractivity contribution is 0.605. The summed E-state index contributed by atoms with van der Waals surface area (Å²) in [5.74, 6) is 0.577. The molecular formula is C13H9Br2ClS. The molecule has 1 aliphatic carbocycles. The van der Waals surface area contributed by atoms with E-state index >= 15 is 0 Å². The van der Waals surface area contributed by atoms with Crippen LogP contribution in [0.3, 0.4) is 0 Å². The summed E-state index contributed by atoms with van der Waals surface area (Å²) >= 11 is 15.1. The average molecular weight is 393 g/mol. The van der Waals surface area contributed by atoms with Crippen LogP contribution in [0.25, 0.3) is 0 Å². The van der Waals surface area contributed by atoms with Gasteiger partial charge in [0.15, 0.2) is 0 Å². The van der Waals surface area contributed by atoms with Crippen molar-refractivity contribution in [3.8, 4) is 0 Å². The smallest absolute Gasteiger partial charge is 0.0887 e. The molecule has 0 aliphatic heterocycles. The van der Waals surface area contributed by atoms with E-state index in [0.29, 0.717) is 10.7 Å². The molecule has 0 spiro atoms. The van der Waals surface area contributed by atoms with E-state index in [0.717, 1.165) is 15.2 Å². The van der Waals surface area contributed by atoms with Crippen molar-refractivity contribution in [1.82, 2.24) is 0 Å². The number of hydrogen-bond donors (Lipinski definition) is 0. The van der Waals surface area contributed by atoms with E-state index in [1.165, 1.54) is 16.0 Å². The van der Waals surface area contributed by atoms with E-state index in [4.69, 9.17) is 11.6 Å². The second-order valence-corrected chi connectivity index (χ2v) is 7.98. The molecule has 0 nitrogen and oxygen atoms in total. The maximum atomic E-state index is 6.08. The molecule has 0 amide bonds. The highest BCUT2D eigenvalue weighted by atomic mass is 79.9. The molecule has 2 aromatic rings. The molecule has 1 aliphatic rings. The van der Waals surface area contributed by atoms with E-state index in [1.54, 1.807) is 11.3 Å². The predicted octanol–water partition coefficient (Wildman–Crippen LogP) is 5.94. The normalized spacial score (nSPS) is 19.6. The second-order valence-electron chi connectivity index (χ2n) is 4.18. The van der Waals surface area contributed by atoms with E-state index in [-0.39, 0.29) is 0 Å². The zero-order valence-electron chi connectivity index (χ0n) is 8.79. The van der Waals surface area contributed by atoms with E-state index in [1.807, 2.05) is 0 Å². The predicted molar refractivity (Wildman–Crippen MR) is 81.6 cm³/mol. The van der Waals surface area contributed by atoms with Crippen molar-refractivity contribution in [1.29, 1.82) is 0 Å². The van der Waals surface area contributed by atoms with Crippen LogP contribution in [0.15, 0.2) is 34.1 Å². The Balaban J connectivity index is 1.88. The van der Waals surface area contributed by atoms with Crippen molar-refractivity contribution in [3.05, 3.63) is 55.1 Å². The van der Waals surface area contributed by atoms with Gasteiger partial charge in [-0.05, 0) is 39.5 Å². The number of thiophene rings is 1. The Bertz CT molecular complexity index is 545. The third-order valence-corrected chi connectivity index (χ3v) is 7.18. The second kappa shape index (κ2) is 4.69. The Morgan fingerprint density at radius 2 is 2.12 bits per heavy atom. The fourth-order valence-corrected chi connectivity index (χ4v) is 4.93. The van der Waals surface area contributed by atoms with Gasteiger partial charge in [-0.25, -0.2) is 0 Å². The molecule has 1 aromatic heterocycles. The van der Waals surface area contributed by atoms with Crippen LogP contribution >= 0.6 is 54.8 Å². The lowest BCUT2D eigenvalue weighted by Gasteiger charge is -2.33. The monoisotopic (exact) mass is 390 g/mol. The first kappa shape index (κ1) is 12.2. The summed E-state index contributed by atoms with van der Waals surface area (Å²) in [5.41, 5.74) is 2.94. The number of fused-ring (bicyclic) bond motifs is 1. The molecule has 17 heavy (non-hydrogen) atoms. The molecule has 2 atom stereocenters. The Morgan fingerprint density at radius 3 is 2.76 bits per heavy atom. The van der Waals surface area contributed by atoms with Gasteiger partial charge in [-0.2, -0.15) is 0 Å². The first-order chi connectivity index (χ1) is 8.16. The maximum Gasteiger partial charge on any atom is 0.0887 e. The molecule has 88 valence electrons. The molecular weight excluding hydrogens is 383 g/mol. The summed E-state index contributed by atoms with van der Waals surface area (Å²) in [5, 5.41) is 0.807. The van der Waals surface area contributed by atoms with Crippen LogP contribution in [-0.4, -0.2) is 0 Å². The number of halogens is 3. The lowest BCUT2D eigenvalue weighted by atomic mass is 9.75. The molecule has 1 heterocycles. The molecule has 0 radical (unpaired) electrons. The molecule has 2 unspecified atom stereocenters. The molecule has 0 fully saturated rings. The van der Waals surface area contributed by atoms with Crippen molar-refractivity contribution >= 4 is 54.8 Å². The van der Waals surface area contributed by atoms with Crippen LogP contribution in [0.1, 0.15) is 26.7 Å². The standard InChI is InChI=1S/C13H9Br2ClS/c14-12(11-6-10(16)13(15)17-11)9-5-7-3-1-2-4-8(7)9/h1-4,6,9,12H,5H2. The molecule has 0 N–H and O–H groups in total. The minimum Gasteiger partial charge on any atom is -0.130 e. The lowest BCUT2D eigenvalue weighted by Crippen LogP contribution is -2.20. The van der Waals surface area contributed by atoms with Crippen molar-refractivity contribution in [2.45, 2.75) is 17.2 Å². The van der Waals surface area contributed by atoms with Gasteiger partial charge in [-0.1, -0.05) is 51.8 Å². The third kappa shape index (κ3) is 2.12. The van der Waals surface area contributed by atoms with Gasteiger partial charge in [-0.3, -0.25) is 0 Å². The number of rotatable bonds is 2. The highest BCUT2D eigenvalue weighted by Gasteiger charge is 2.33. The highest BCUT2D eigenvalue weighted by Crippen LogP contribution is 2.50. The minimum absolute atomic E-state index is 0.367. The van der Waals surface area contributed by atoms with E-state index < -0.39 is 0 Å². The summed E-state index contributed by atoms with van der Waals surface area (Å²) in [6.07, 6.45) is 1.15. The van der Waals surface area contributed by atoms with Crippen LogP contribution < -0.4 is 0 Å². The topological polar surface area (TPSA) is 0 Å². The van der Waals surface area contributed by atoms with Gasteiger partial charge in [0, 0.05) is 10.8 Å². The summed E-state index contributed by atoms with van der Waals surface area (Å²) < 4.78 is 1.02. The Hall–Kier alpha value is 0.170. The van der Waals surface area contributed by atoms with Gasteiger partial charge in [0.2, 0.25) is 0 Å². The van der Waals surface area contributed by atoms with Crippen molar-refractivity contribution < 1.29 is 0 Å². The number of benzene rings is 1. The van der Waals surface area contributed by atoms with Gasteiger partial charge in [0.05, 0.1) is 13.6 Å². The Kier molecular flexibility index (Phi) is 3.37. The third-order valence-electron chi connectivity index (χ3n) is 3.18. The van der Waals surface area contributed by atoms with Crippen molar-refractivity contribution in [2.24, 2.45) is 0 Å². The number of hydrogen-bond acceptors (Lipinski definition) is 1. The summed E-state index contributed by atoms with van der Waals surface area (Å²) in [4.78, 5) is 1.66. The van der Waals surface area contributed by atoms with Gasteiger partial charge in [0.25, 0.3) is 0 Å². The Morgan fingerprint density at radius 1 is 1.35 bits per heavy atom. The first-order valence-electron chi connectivity index (χ1n) is 5.33. The quantitative estimate of drug-likeness (QED) is 0.555. The molecule has 4 heteroatoms. The zero-order valence-corrected chi connectivity index (χ0v) is 13.5.